The smallest absolute Gasteiger partial charge is 0.260 e. The molecule has 0 aromatic carbocycles. The first-order valence-corrected chi connectivity index (χ1v) is 5.32. The van der Waals surface area contributed by atoms with E-state index in [-0.39, 0.29) is 0 Å². The molecule has 9 heteroatoms. The van der Waals surface area contributed by atoms with E-state index in [1.807, 2.05) is 0 Å². The van der Waals surface area contributed by atoms with Gasteiger partial charge in [-0.2, -0.15) is 0 Å². The van der Waals surface area contributed by atoms with Gasteiger partial charge in [-0.05, 0) is 0 Å². The summed E-state index contributed by atoms with van der Waals surface area (Å²) < 4.78 is 65.6. The monoisotopic (exact) mass is 222 g/mol. The second-order valence-electron chi connectivity index (χ2n) is 2.15. The lowest BCUT2D eigenvalue weighted by Crippen LogP contribution is -2.35. The third kappa shape index (κ3) is 6.58. The molecule has 0 fully saturated rings. The molecule has 0 aliphatic heterocycles. The van der Waals surface area contributed by atoms with Gasteiger partial charge in [-0.15, -0.1) is 4.13 Å². The summed E-state index contributed by atoms with van der Waals surface area (Å²) >= 11 is -3.09. The Morgan fingerprint density at radius 3 is 2.25 bits per heavy atom. The van der Waals surface area contributed by atoms with E-state index in [4.69, 9.17) is 0 Å². The molecular weight excluding hydrogens is 216 g/mol. The van der Waals surface area contributed by atoms with Crippen LogP contribution in [0, 0.1) is 0 Å². The Kier molecular flexibility index (Phi) is 3.69. The second kappa shape index (κ2) is 3.73. The Labute approximate surface area is 70.6 Å². The summed E-state index contributed by atoms with van der Waals surface area (Å²) in [6.07, 6.45) is 0. The molecule has 5 nitrogen and oxygen atoms in total. The lowest BCUT2D eigenvalue weighted by atomic mass is 10.5. The minimum absolute atomic E-state index is 0.375. The van der Waals surface area contributed by atoms with Gasteiger partial charge >= 0.3 is 0 Å². The molecule has 0 saturated heterocycles. The zero-order valence-electron chi connectivity index (χ0n) is 5.91. The number of sulfonamides is 1. The van der Waals surface area contributed by atoms with Crippen molar-refractivity contribution in [2.45, 2.75) is 12.8 Å². The first-order chi connectivity index (χ1) is 5.12. The molecular formula is C3H6F2NO4S2-. The SMILES string of the molecule is CC(F)(F)CS(=O)(=O)NS(=O)[O-]. The summed E-state index contributed by atoms with van der Waals surface area (Å²) in [6, 6.07) is 0. The van der Waals surface area contributed by atoms with Gasteiger partial charge in [-0.1, -0.05) is 0 Å². The molecule has 0 aromatic heterocycles. The molecule has 0 rings (SSSR count). The summed E-state index contributed by atoms with van der Waals surface area (Å²) in [6.45, 7) is 0.375. The summed E-state index contributed by atoms with van der Waals surface area (Å²) in [5.74, 6) is -5.00. The Morgan fingerprint density at radius 1 is 1.58 bits per heavy atom. The first-order valence-electron chi connectivity index (χ1n) is 2.60. The first kappa shape index (κ1) is 11.9. The molecule has 0 radical (unpaired) electrons. The van der Waals surface area contributed by atoms with Crippen molar-refractivity contribution in [2.75, 3.05) is 5.75 Å². The predicted octanol–water partition coefficient (Wildman–Crippen LogP) is -0.645. The van der Waals surface area contributed by atoms with Crippen LogP contribution in [0.1, 0.15) is 6.92 Å². The van der Waals surface area contributed by atoms with E-state index < -0.39 is 33.0 Å². The predicted molar refractivity (Wildman–Crippen MR) is 36.5 cm³/mol. The molecule has 0 aliphatic rings. The molecule has 1 atom stereocenters. The van der Waals surface area contributed by atoms with Crippen LogP contribution in [0.3, 0.4) is 0 Å². The Hall–Kier alpha value is -0.120. The fourth-order valence-electron chi connectivity index (χ4n) is 0.467. The molecule has 12 heavy (non-hydrogen) atoms. The number of rotatable bonds is 4. The zero-order chi connectivity index (χ0) is 9.99. The van der Waals surface area contributed by atoms with Crippen molar-refractivity contribution in [2.24, 2.45) is 0 Å². The maximum atomic E-state index is 12.0. The summed E-state index contributed by atoms with van der Waals surface area (Å²) in [5, 5.41) is 0. The van der Waals surface area contributed by atoms with Crippen LogP contribution in [0.15, 0.2) is 0 Å². The summed E-state index contributed by atoms with van der Waals surface area (Å²) in [4.78, 5) is 0. The van der Waals surface area contributed by atoms with E-state index in [9.17, 15) is 26.0 Å². The molecule has 0 spiro atoms. The van der Waals surface area contributed by atoms with Gasteiger partial charge in [0.25, 0.3) is 5.92 Å². The highest BCUT2D eigenvalue weighted by molar-refractivity contribution is 7.99. The molecule has 0 aliphatic carbocycles. The van der Waals surface area contributed by atoms with Crippen molar-refractivity contribution in [1.82, 2.24) is 4.13 Å². The van der Waals surface area contributed by atoms with Crippen LogP contribution in [0.2, 0.25) is 0 Å². The molecule has 0 saturated carbocycles. The van der Waals surface area contributed by atoms with Crippen molar-refractivity contribution >= 4 is 21.3 Å². The van der Waals surface area contributed by atoms with Crippen LogP contribution >= 0.6 is 0 Å². The lowest BCUT2D eigenvalue weighted by molar-refractivity contribution is 0.0473. The number of halogens is 2. The molecule has 74 valence electrons. The molecule has 1 unspecified atom stereocenters. The number of nitrogens with one attached hydrogen (secondary N) is 1. The van der Waals surface area contributed by atoms with Gasteiger partial charge in [0.05, 0.1) is 0 Å². The van der Waals surface area contributed by atoms with Gasteiger partial charge in [-0.3, -0.25) is 4.21 Å². The zero-order valence-corrected chi connectivity index (χ0v) is 7.55. The topological polar surface area (TPSA) is 86.3 Å². The lowest BCUT2D eigenvalue weighted by Gasteiger charge is -2.12. The average Bonchev–Trinajstić information content (AvgIpc) is 1.48. The van der Waals surface area contributed by atoms with Crippen LogP contribution in [0.4, 0.5) is 8.78 Å². The highest BCUT2D eigenvalue weighted by Crippen LogP contribution is 2.13. The molecule has 0 aromatic rings. The molecule has 0 bridgehead atoms. The Bertz CT molecular complexity index is 269. The van der Waals surface area contributed by atoms with Crippen molar-refractivity contribution in [3.8, 4) is 0 Å². The fourth-order valence-corrected chi connectivity index (χ4v) is 2.20. The Morgan fingerprint density at radius 2 is 2.00 bits per heavy atom. The van der Waals surface area contributed by atoms with E-state index in [0.29, 0.717) is 6.92 Å². The van der Waals surface area contributed by atoms with Crippen molar-refractivity contribution in [3.63, 3.8) is 0 Å². The van der Waals surface area contributed by atoms with Gasteiger partial charge in [0, 0.05) is 18.2 Å². The maximum Gasteiger partial charge on any atom is 0.260 e. The van der Waals surface area contributed by atoms with E-state index in [0.717, 1.165) is 4.13 Å². The standard InChI is InChI=1S/C3H7F2NO4S2/c1-3(4,5)2-12(9,10)6-11(7)8/h6H,2H2,1H3,(H,7,8)/p-1. The van der Waals surface area contributed by atoms with Gasteiger partial charge < -0.3 is 4.55 Å². The highest BCUT2D eigenvalue weighted by atomic mass is 32.3. The second-order valence-corrected chi connectivity index (χ2v) is 4.80. The van der Waals surface area contributed by atoms with E-state index in [2.05, 4.69) is 0 Å². The average molecular weight is 222 g/mol. The van der Waals surface area contributed by atoms with Gasteiger partial charge in [-0.25, -0.2) is 17.2 Å². The fraction of sp³-hybridized carbons (Fsp3) is 1.00. The van der Waals surface area contributed by atoms with Crippen molar-refractivity contribution in [1.29, 1.82) is 0 Å². The van der Waals surface area contributed by atoms with Crippen molar-refractivity contribution < 1.29 is 26.0 Å². The maximum absolute atomic E-state index is 12.0. The van der Waals surface area contributed by atoms with Crippen LogP contribution in [0.25, 0.3) is 0 Å². The third-order valence-corrected chi connectivity index (χ3v) is 3.09. The number of hydrogen-bond donors (Lipinski definition) is 1. The quantitative estimate of drug-likeness (QED) is 0.641. The summed E-state index contributed by atoms with van der Waals surface area (Å²) in [5.41, 5.74) is 0. The minimum Gasteiger partial charge on any atom is -0.759 e. The summed E-state index contributed by atoms with van der Waals surface area (Å²) in [7, 11) is -4.45. The highest BCUT2D eigenvalue weighted by Gasteiger charge is 2.29. The molecule has 0 amide bonds. The molecule has 1 N–H and O–H groups in total. The third-order valence-electron chi connectivity index (χ3n) is 0.638. The van der Waals surface area contributed by atoms with Gasteiger partial charge in [0.1, 0.15) is 5.75 Å². The van der Waals surface area contributed by atoms with E-state index >= 15 is 0 Å². The number of hydrogen-bond acceptors (Lipinski definition) is 4. The van der Waals surface area contributed by atoms with Gasteiger partial charge in [0.15, 0.2) is 0 Å². The largest absolute Gasteiger partial charge is 0.759 e. The van der Waals surface area contributed by atoms with Crippen LogP contribution in [-0.4, -0.2) is 28.9 Å². The minimum atomic E-state index is -4.45. The van der Waals surface area contributed by atoms with Crippen LogP contribution in [-0.2, 0) is 21.3 Å². The van der Waals surface area contributed by atoms with Crippen LogP contribution in [0.5, 0.6) is 0 Å². The Balaban J connectivity index is 4.36. The normalized spacial score (nSPS) is 16.0. The van der Waals surface area contributed by atoms with Gasteiger partial charge in [0.2, 0.25) is 10.0 Å². The van der Waals surface area contributed by atoms with Crippen molar-refractivity contribution in [3.05, 3.63) is 0 Å². The van der Waals surface area contributed by atoms with Crippen LogP contribution < -0.4 is 4.13 Å². The van der Waals surface area contributed by atoms with E-state index in [1.54, 1.807) is 0 Å². The number of alkyl halides is 2. The van der Waals surface area contributed by atoms with E-state index in [1.165, 1.54) is 0 Å². The molecule has 0 heterocycles.